The van der Waals surface area contributed by atoms with Crippen LogP contribution in [0.5, 0.6) is 11.5 Å². The number of halogens is 1. The van der Waals surface area contributed by atoms with Crippen LogP contribution in [0, 0.1) is 11.2 Å². The van der Waals surface area contributed by atoms with Crippen molar-refractivity contribution in [1.29, 1.82) is 0 Å². The maximum atomic E-state index is 14.1. The highest BCUT2D eigenvalue weighted by Crippen LogP contribution is 2.47. The summed E-state index contributed by atoms with van der Waals surface area (Å²) in [5.74, 6) is 0.794. The maximum absolute atomic E-state index is 14.1. The molecule has 0 unspecified atom stereocenters. The van der Waals surface area contributed by atoms with Crippen molar-refractivity contribution in [1.82, 2.24) is 14.9 Å². The van der Waals surface area contributed by atoms with E-state index >= 15 is 0 Å². The molecule has 2 fully saturated rings. The first-order chi connectivity index (χ1) is 15.3. The van der Waals surface area contributed by atoms with Crippen LogP contribution in [0.4, 0.5) is 10.2 Å². The summed E-state index contributed by atoms with van der Waals surface area (Å²) in [4.78, 5) is 25.9. The van der Waals surface area contributed by atoms with Gasteiger partial charge in [-0.2, -0.15) is 0 Å². The molecule has 7 heteroatoms. The summed E-state index contributed by atoms with van der Waals surface area (Å²) in [6.07, 6.45) is 9.59. The molecule has 32 heavy (non-hydrogen) atoms. The zero-order chi connectivity index (χ0) is 22.9. The van der Waals surface area contributed by atoms with Crippen LogP contribution in [0.3, 0.4) is 0 Å². The largest absolute Gasteiger partial charge is 0.451 e. The molecule has 172 valence electrons. The summed E-state index contributed by atoms with van der Waals surface area (Å²) in [6.45, 7) is 9.73. The molecular formula is C25H33FN4O2. The van der Waals surface area contributed by atoms with Gasteiger partial charge in [0.25, 0.3) is 5.91 Å². The molecule has 0 bridgehead atoms. The predicted octanol–water partition coefficient (Wildman–Crippen LogP) is 5.44. The molecule has 1 amide bonds. The molecule has 1 aliphatic carbocycles. The first kappa shape index (κ1) is 22.5. The van der Waals surface area contributed by atoms with Crippen LogP contribution in [0.25, 0.3) is 0 Å². The molecule has 1 spiro atoms. The molecule has 1 saturated carbocycles. The molecule has 1 saturated heterocycles. The Balaban J connectivity index is 1.60. The number of ether oxygens (including phenoxy) is 1. The van der Waals surface area contributed by atoms with Crippen LogP contribution in [-0.2, 0) is 0 Å². The minimum atomic E-state index is -0.473. The van der Waals surface area contributed by atoms with E-state index in [4.69, 9.17) is 4.74 Å². The number of carbonyl (C=O) groups is 1. The lowest BCUT2D eigenvalue weighted by molar-refractivity contribution is 0.0640. The van der Waals surface area contributed by atoms with Gasteiger partial charge in [0.1, 0.15) is 17.9 Å². The average molecular weight is 441 g/mol. The number of nitrogens with zero attached hydrogens (tertiary/aromatic N) is 4. The van der Waals surface area contributed by atoms with E-state index in [9.17, 15) is 9.18 Å². The van der Waals surface area contributed by atoms with Gasteiger partial charge >= 0.3 is 0 Å². The van der Waals surface area contributed by atoms with Crippen molar-refractivity contribution in [2.75, 3.05) is 18.0 Å². The van der Waals surface area contributed by atoms with Crippen LogP contribution in [-0.4, -0.2) is 45.9 Å². The number of hydrogen-bond acceptors (Lipinski definition) is 5. The van der Waals surface area contributed by atoms with Crippen LogP contribution in [0.15, 0.2) is 30.7 Å². The smallest absolute Gasteiger partial charge is 0.258 e. The number of aromatic nitrogens is 2. The second kappa shape index (κ2) is 9.04. The fourth-order valence-corrected chi connectivity index (χ4v) is 5.23. The van der Waals surface area contributed by atoms with Gasteiger partial charge in [0.15, 0.2) is 11.6 Å². The summed E-state index contributed by atoms with van der Waals surface area (Å²) in [7, 11) is 0. The Morgan fingerprint density at radius 1 is 1.09 bits per heavy atom. The number of rotatable bonds is 6. The van der Waals surface area contributed by atoms with Gasteiger partial charge in [0, 0.05) is 30.6 Å². The molecule has 0 radical (unpaired) electrons. The number of hydrogen-bond donors (Lipinski definition) is 0. The Kier molecular flexibility index (Phi) is 6.35. The van der Waals surface area contributed by atoms with E-state index in [2.05, 4.69) is 14.9 Å². The average Bonchev–Trinajstić information content (AvgIpc) is 2.73. The highest BCUT2D eigenvalue weighted by Gasteiger charge is 2.44. The van der Waals surface area contributed by atoms with Crippen LogP contribution < -0.4 is 9.64 Å². The normalized spacial score (nSPS) is 17.5. The van der Waals surface area contributed by atoms with Gasteiger partial charge < -0.3 is 14.5 Å². The Labute approximate surface area is 189 Å². The van der Waals surface area contributed by atoms with E-state index in [1.54, 1.807) is 11.1 Å². The fraction of sp³-hybridized carbons (Fsp3) is 0.560. The van der Waals surface area contributed by atoms with Gasteiger partial charge in [-0.1, -0.05) is 19.3 Å². The summed E-state index contributed by atoms with van der Waals surface area (Å²) in [5.41, 5.74) is 0.599. The van der Waals surface area contributed by atoms with E-state index in [0.29, 0.717) is 16.9 Å². The van der Waals surface area contributed by atoms with Gasteiger partial charge in [0.05, 0.1) is 11.8 Å². The number of amides is 1. The van der Waals surface area contributed by atoms with Crippen molar-refractivity contribution in [2.24, 2.45) is 5.41 Å². The number of benzene rings is 1. The predicted molar refractivity (Wildman–Crippen MR) is 123 cm³/mol. The van der Waals surface area contributed by atoms with E-state index < -0.39 is 5.82 Å². The summed E-state index contributed by atoms with van der Waals surface area (Å²) >= 11 is 0. The highest BCUT2D eigenvalue weighted by atomic mass is 19.1. The minimum Gasteiger partial charge on any atom is -0.451 e. The number of carbonyl (C=O) groups excluding carboxylic acids is 1. The van der Waals surface area contributed by atoms with Crippen LogP contribution in [0.2, 0.25) is 0 Å². The third-order valence-electron chi connectivity index (χ3n) is 6.66. The Hall–Kier alpha value is -2.70. The standard InChI is InChI=1S/C25H33FN4O2/c1-17(2)30(18(3)4)24(31)20-12-19(26)8-9-21(20)32-22-13-27-16-28-23(22)29-14-25(15-29)10-6-5-7-11-25/h8-9,12-13,16-18H,5-7,10-11,14-15H2,1-4H3. The van der Waals surface area contributed by atoms with Gasteiger partial charge in [-0.15, -0.1) is 0 Å². The highest BCUT2D eigenvalue weighted by molar-refractivity contribution is 5.97. The third kappa shape index (κ3) is 4.43. The minimum absolute atomic E-state index is 0.0259. The SMILES string of the molecule is CC(C)N(C(=O)c1cc(F)ccc1Oc1cncnc1N1CC2(CCCCC2)C1)C(C)C. The molecule has 2 aliphatic rings. The molecule has 2 heterocycles. The Morgan fingerprint density at radius 2 is 1.78 bits per heavy atom. The molecular weight excluding hydrogens is 407 g/mol. The molecule has 4 rings (SSSR count). The zero-order valence-electron chi connectivity index (χ0n) is 19.5. The third-order valence-corrected chi connectivity index (χ3v) is 6.66. The summed E-state index contributed by atoms with van der Waals surface area (Å²) < 4.78 is 20.3. The van der Waals surface area contributed by atoms with Crippen molar-refractivity contribution in [3.63, 3.8) is 0 Å². The maximum Gasteiger partial charge on any atom is 0.258 e. The second-order valence-corrected chi connectivity index (χ2v) is 9.77. The van der Waals surface area contributed by atoms with Gasteiger partial charge in [-0.3, -0.25) is 4.79 Å². The fourth-order valence-electron chi connectivity index (χ4n) is 5.23. The quantitative estimate of drug-likeness (QED) is 0.599. The van der Waals surface area contributed by atoms with Crippen molar-refractivity contribution < 1.29 is 13.9 Å². The van der Waals surface area contributed by atoms with E-state index in [-0.39, 0.29) is 23.6 Å². The van der Waals surface area contributed by atoms with Gasteiger partial charge in [0.2, 0.25) is 0 Å². The van der Waals surface area contributed by atoms with Crippen molar-refractivity contribution in [3.8, 4) is 11.5 Å². The van der Waals surface area contributed by atoms with Crippen LogP contribution in [0.1, 0.15) is 70.2 Å². The molecule has 0 atom stereocenters. The van der Waals surface area contributed by atoms with E-state index in [0.717, 1.165) is 18.9 Å². The van der Waals surface area contributed by atoms with Crippen molar-refractivity contribution >= 4 is 11.7 Å². The lowest BCUT2D eigenvalue weighted by atomic mass is 9.68. The lowest BCUT2D eigenvalue weighted by Crippen LogP contribution is -2.57. The van der Waals surface area contributed by atoms with Crippen molar-refractivity contribution in [2.45, 2.75) is 71.9 Å². The number of anilines is 1. The first-order valence-electron chi connectivity index (χ1n) is 11.6. The molecule has 1 aromatic heterocycles. The molecule has 1 aliphatic heterocycles. The Bertz CT molecular complexity index is 956. The first-order valence-corrected chi connectivity index (χ1v) is 11.6. The van der Waals surface area contributed by atoms with Crippen LogP contribution >= 0.6 is 0 Å². The van der Waals surface area contributed by atoms with Crippen molar-refractivity contribution in [3.05, 3.63) is 42.1 Å². The second-order valence-electron chi connectivity index (χ2n) is 9.77. The summed E-state index contributed by atoms with van der Waals surface area (Å²) in [5, 5.41) is 0. The molecule has 1 aromatic carbocycles. The lowest BCUT2D eigenvalue weighted by Gasteiger charge is -2.53. The summed E-state index contributed by atoms with van der Waals surface area (Å²) in [6, 6.07) is 4.02. The molecule has 0 N–H and O–H groups in total. The van der Waals surface area contributed by atoms with Gasteiger partial charge in [-0.05, 0) is 58.7 Å². The molecule has 2 aromatic rings. The van der Waals surface area contributed by atoms with E-state index in [1.165, 1.54) is 56.6 Å². The van der Waals surface area contributed by atoms with Gasteiger partial charge in [-0.25, -0.2) is 14.4 Å². The van der Waals surface area contributed by atoms with E-state index in [1.807, 2.05) is 27.7 Å². The topological polar surface area (TPSA) is 58.6 Å². The zero-order valence-corrected chi connectivity index (χ0v) is 19.5. The monoisotopic (exact) mass is 440 g/mol. The molecule has 6 nitrogen and oxygen atoms in total. The Morgan fingerprint density at radius 3 is 2.44 bits per heavy atom.